The molecular weight excluding hydrogens is 364 g/mol. The van der Waals surface area contributed by atoms with Crippen LogP contribution in [0.5, 0.6) is 5.75 Å². The second-order valence-corrected chi connectivity index (χ2v) is 7.42. The van der Waals surface area contributed by atoms with Crippen LogP contribution in [0, 0.1) is 6.92 Å². The number of hydrogen-bond donors (Lipinski definition) is 0. The molecule has 0 unspecified atom stereocenters. The third kappa shape index (κ3) is 4.02. The Labute approximate surface area is 169 Å². The lowest BCUT2D eigenvalue weighted by atomic mass is 10.1. The number of nitrogens with zero attached hydrogens (tertiary/aromatic N) is 2. The summed E-state index contributed by atoms with van der Waals surface area (Å²) in [7, 11) is 1.66. The summed E-state index contributed by atoms with van der Waals surface area (Å²) in [5.41, 5.74) is 5.43. The summed E-state index contributed by atoms with van der Waals surface area (Å²) in [6.45, 7) is 2.09. The van der Waals surface area contributed by atoms with Gasteiger partial charge in [-0.15, -0.1) is 0 Å². The van der Waals surface area contributed by atoms with E-state index in [1.54, 1.807) is 18.4 Å². The van der Waals surface area contributed by atoms with E-state index in [-0.39, 0.29) is 0 Å². The van der Waals surface area contributed by atoms with E-state index in [2.05, 4.69) is 48.3 Å². The Kier molecular flexibility index (Phi) is 5.31. The van der Waals surface area contributed by atoms with Crippen molar-refractivity contribution < 1.29 is 4.74 Å². The second kappa shape index (κ2) is 8.19. The summed E-state index contributed by atoms with van der Waals surface area (Å²) in [5.74, 6) is 0.813. The fourth-order valence-electron chi connectivity index (χ4n) is 2.91. The van der Waals surface area contributed by atoms with Gasteiger partial charge in [-0.2, -0.15) is 0 Å². The molecule has 138 valence electrons. The maximum atomic E-state index is 5.28. The molecule has 0 bridgehead atoms. The summed E-state index contributed by atoms with van der Waals surface area (Å²) < 4.78 is 5.28. The SMILES string of the molecule is COc1cccc(C=Nc2nc(-c3ccc(C)cc3)c(-c3ccccc3)s2)c1. The Morgan fingerprint density at radius 1 is 0.893 bits per heavy atom. The lowest BCUT2D eigenvalue weighted by Crippen LogP contribution is -1.85. The third-order valence-corrected chi connectivity index (χ3v) is 5.41. The Bertz CT molecular complexity index is 1100. The van der Waals surface area contributed by atoms with Gasteiger partial charge in [0.2, 0.25) is 5.13 Å². The molecule has 0 N–H and O–H groups in total. The summed E-state index contributed by atoms with van der Waals surface area (Å²) in [4.78, 5) is 10.6. The average Bonchev–Trinajstić information content (AvgIpc) is 3.18. The highest BCUT2D eigenvalue weighted by molar-refractivity contribution is 7.19. The summed E-state index contributed by atoms with van der Waals surface area (Å²) in [6.07, 6.45) is 1.83. The molecule has 0 fully saturated rings. The number of ether oxygens (including phenoxy) is 1. The maximum Gasteiger partial charge on any atom is 0.210 e. The number of benzene rings is 3. The van der Waals surface area contributed by atoms with Gasteiger partial charge in [0, 0.05) is 11.8 Å². The van der Waals surface area contributed by atoms with Crippen LogP contribution in [-0.4, -0.2) is 18.3 Å². The highest BCUT2D eigenvalue weighted by Gasteiger charge is 2.14. The fourth-order valence-corrected chi connectivity index (χ4v) is 3.85. The van der Waals surface area contributed by atoms with Crippen molar-refractivity contribution in [2.45, 2.75) is 6.92 Å². The van der Waals surface area contributed by atoms with Crippen LogP contribution in [-0.2, 0) is 0 Å². The van der Waals surface area contributed by atoms with Gasteiger partial charge >= 0.3 is 0 Å². The summed E-state index contributed by atoms with van der Waals surface area (Å²) >= 11 is 1.60. The van der Waals surface area contributed by atoms with Crippen LogP contribution in [0.3, 0.4) is 0 Å². The third-order valence-electron chi connectivity index (χ3n) is 4.39. The van der Waals surface area contributed by atoms with Crippen molar-refractivity contribution in [2.75, 3.05) is 7.11 Å². The summed E-state index contributed by atoms with van der Waals surface area (Å²) in [5, 5.41) is 0.734. The zero-order valence-corrected chi connectivity index (χ0v) is 16.6. The number of aromatic nitrogens is 1. The van der Waals surface area contributed by atoms with Crippen molar-refractivity contribution >= 4 is 22.7 Å². The zero-order chi connectivity index (χ0) is 19.3. The van der Waals surface area contributed by atoms with Crippen LogP contribution in [0.4, 0.5) is 5.13 Å². The van der Waals surface area contributed by atoms with Crippen LogP contribution in [0.2, 0.25) is 0 Å². The molecule has 3 nitrogen and oxygen atoms in total. The highest BCUT2D eigenvalue weighted by atomic mass is 32.1. The highest BCUT2D eigenvalue weighted by Crippen LogP contribution is 2.40. The predicted molar refractivity (Wildman–Crippen MR) is 118 cm³/mol. The first kappa shape index (κ1) is 18.1. The smallest absolute Gasteiger partial charge is 0.210 e. The second-order valence-electron chi connectivity index (χ2n) is 6.44. The monoisotopic (exact) mass is 384 g/mol. The fraction of sp³-hybridized carbons (Fsp3) is 0.0833. The lowest BCUT2D eigenvalue weighted by Gasteiger charge is -2.03. The minimum absolute atomic E-state index is 0.734. The number of hydrogen-bond acceptors (Lipinski definition) is 4. The molecule has 3 aromatic carbocycles. The molecule has 0 amide bonds. The minimum atomic E-state index is 0.734. The number of thiazole rings is 1. The van der Waals surface area contributed by atoms with Gasteiger partial charge < -0.3 is 4.74 Å². The molecule has 28 heavy (non-hydrogen) atoms. The van der Waals surface area contributed by atoms with E-state index in [1.165, 1.54) is 5.56 Å². The van der Waals surface area contributed by atoms with E-state index in [0.717, 1.165) is 38.1 Å². The lowest BCUT2D eigenvalue weighted by molar-refractivity contribution is 0.415. The van der Waals surface area contributed by atoms with E-state index < -0.39 is 0 Å². The Balaban J connectivity index is 1.74. The first-order valence-electron chi connectivity index (χ1n) is 9.04. The van der Waals surface area contributed by atoms with E-state index in [1.807, 2.05) is 48.7 Å². The van der Waals surface area contributed by atoms with Gasteiger partial charge in [0.05, 0.1) is 17.7 Å². The number of aryl methyl sites for hydroxylation is 1. The minimum Gasteiger partial charge on any atom is -0.497 e. The molecule has 1 aromatic heterocycles. The van der Waals surface area contributed by atoms with Gasteiger partial charge in [0.15, 0.2) is 0 Å². The number of methoxy groups -OCH3 is 1. The largest absolute Gasteiger partial charge is 0.497 e. The Morgan fingerprint density at radius 2 is 1.68 bits per heavy atom. The molecule has 0 saturated carbocycles. The first-order chi connectivity index (χ1) is 13.7. The van der Waals surface area contributed by atoms with Gasteiger partial charge in [-0.05, 0) is 30.2 Å². The van der Waals surface area contributed by atoms with Crippen LogP contribution in [0.1, 0.15) is 11.1 Å². The molecule has 1 heterocycles. The molecule has 4 heteroatoms. The summed E-state index contributed by atoms with van der Waals surface area (Å²) in [6, 6.07) is 26.6. The molecule has 0 atom stereocenters. The number of rotatable bonds is 5. The standard InChI is InChI=1S/C24H20N2OS/c1-17-11-13-19(14-12-17)22-23(20-8-4-3-5-9-20)28-24(26-22)25-16-18-7-6-10-21(15-18)27-2/h3-16H,1-2H3. The van der Waals surface area contributed by atoms with Gasteiger partial charge in [0.1, 0.15) is 5.75 Å². The molecule has 0 aliphatic rings. The van der Waals surface area contributed by atoms with Crippen LogP contribution < -0.4 is 4.74 Å². The molecular formula is C24H20N2OS. The molecule has 0 saturated heterocycles. The van der Waals surface area contributed by atoms with Crippen LogP contribution in [0.25, 0.3) is 21.7 Å². The first-order valence-corrected chi connectivity index (χ1v) is 9.86. The molecule has 4 rings (SSSR count). The van der Waals surface area contributed by atoms with Crippen molar-refractivity contribution in [1.29, 1.82) is 0 Å². The molecule has 0 aliphatic heterocycles. The van der Waals surface area contributed by atoms with Gasteiger partial charge in [-0.25, -0.2) is 9.98 Å². The topological polar surface area (TPSA) is 34.5 Å². The van der Waals surface area contributed by atoms with Crippen molar-refractivity contribution in [3.8, 4) is 27.4 Å². The van der Waals surface area contributed by atoms with Crippen molar-refractivity contribution in [1.82, 2.24) is 4.98 Å². The molecule has 0 aliphatic carbocycles. The van der Waals surface area contributed by atoms with E-state index >= 15 is 0 Å². The van der Waals surface area contributed by atoms with Crippen molar-refractivity contribution in [3.05, 3.63) is 90.0 Å². The van der Waals surface area contributed by atoms with Gasteiger partial charge in [-0.3, -0.25) is 0 Å². The quantitative estimate of drug-likeness (QED) is 0.366. The predicted octanol–water partition coefficient (Wildman–Crippen LogP) is 6.54. The van der Waals surface area contributed by atoms with E-state index in [9.17, 15) is 0 Å². The molecule has 4 aromatic rings. The van der Waals surface area contributed by atoms with Gasteiger partial charge in [-0.1, -0.05) is 83.6 Å². The van der Waals surface area contributed by atoms with Crippen LogP contribution >= 0.6 is 11.3 Å². The molecule has 0 spiro atoms. The molecule has 0 radical (unpaired) electrons. The van der Waals surface area contributed by atoms with Gasteiger partial charge in [0.25, 0.3) is 0 Å². The average molecular weight is 385 g/mol. The number of aliphatic imine (C=N–C) groups is 1. The van der Waals surface area contributed by atoms with Crippen molar-refractivity contribution in [3.63, 3.8) is 0 Å². The normalized spacial score (nSPS) is 11.1. The van der Waals surface area contributed by atoms with Crippen LogP contribution in [0.15, 0.2) is 83.9 Å². The van der Waals surface area contributed by atoms with E-state index in [4.69, 9.17) is 9.72 Å². The zero-order valence-electron chi connectivity index (χ0n) is 15.8. The maximum absolute atomic E-state index is 5.28. The Morgan fingerprint density at radius 3 is 2.43 bits per heavy atom. The van der Waals surface area contributed by atoms with E-state index in [0.29, 0.717) is 0 Å². The van der Waals surface area contributed by atoms with Crippen molar-refractivity contribution in [2.24, 2.45) is 4.99 Å². The Hall–Kier alpha value is -3.24.